The first kappa shape index (κ1) is 20.4. The summed E-state index contributed by atoms with van der Waals surface area (Å²) in [6.45, 7) is 5.56. The second-order valence-electron chi connectivity index (χ2n) is 8.27. The molecule has 0 spiro atoms. The molecule has 1 unspecified atom stereocenters. The lowest BCUT2D eigenvalue weighted by molar-refractivity contribution is 0.296. The van der Waals surface area contributed by atoms with Gasteiger partial charge in [-0.25, -0.2) is 9.97 Å². The molecule has 0 saturated carbocycles. The number of benzene rings is 1. The van der Waals surface area contributed by atoms with Crippen molar-refractivity contribution in [2.24, 2.45) is 0 Å². The molecule has 2 aliphatic heterocycles. The second-order valence-corrected chi connectivity index (χ2v) is 8.67. The van der Waals surface area contributed by atoms with Crippen LogP contribution >= 0.6 is 11.6 Å². The van der Waals surface area contributed by atoms with Gasteiger partial charge in [-0.1, -0.05) is 11.6 Å². The summed E-state index contributed by atoms with van der Waals surface area (Å²) in [6, 6.07) is 9.16. The molecule has 1 atom stereocenters. The summed E-state index contributed by atoms with van der Waals surface area (Å²) in [5, 5.41) is 3.98. The number of likely N-dealkylation sites (N-methyl/N-ethyl adjacent to an activating group) is 1. The van der Waals surface area contributed by atoms with Gasteiger partial charge in [-0.05, 0) is 70.6 Å². The van der Waals surface area contributed by atoms with Gasteiger partial charge >= 0.3 is 0 Å². The Labute approximate surface area is 178 Å². The van der Waals surface area contributed by atoms with Gasteiger partial charge in [0.15, 0.2) is 0 Å². The Hall–Kier alpha value is -1.89. The van der Waals surface area contributed by atoms with Crippen LogP contribution in [0.4, 0.5) is 17.3 Å². The smallest absolute Gasteiger partial charge is 0.227 e. The summed E-state index contributed by atoms with van der Waals surface area (Å²) >= 11 is 6.36. The van der Waals surface area contributed by atoms with Gasteiger partial charge in [0.2, 0.25) is 5.95 Å². The van der Waals surface area contributed by atoms with Crippen LogP contribution in [0.15, 0.2) is 30.5 Å². The zero-order valence-electron chi connectivity index (χ0n) is 17.4. The number of anilines is 3. The molecular weight excluding hydrogens is 384 g/mol. The van der Waals surface area contributed by atoms with E-state index in [1.807, 2.05) is 0 Å². The number of piperazine rings is 1. The summed E-state index contributed by atoms with van der Waals surface area (Å²) in [5.41, 5.74) is 3.19. The molecule has 2 saturated heterocycles. The number of hydrogen-bond donors (Lipinski definition) is 1. The molecule has 29 heavy (non-hydrogen) atoms. The molecule has 0 radical (unpaired) electrons. The summed E-state index contributed by atoms with van der Waals surface area (Å²) in [7, 11) is 4.38. The summed E-state index contributed by atoms with van der Waals surface area (Å²) < 4.78 is 0. The molecule has 0 bridgehead atoms. The number of nitrogens with one attached hydrogen (secondary N) is 1. The fourth-order valence-electron chi connectivity index (χ4n) is 4.23. The highest BCUT2D eigenvalue weighted by atomic mass is 35.5. The number of likely N-dealkylation sites (tertiary alicyclic amines) is 1. The first-order chi connectivity index (χ1) is 14.1. The maximum Gasteiger partial charge on any atom is 0.227 e. The lowest BCUT2D eigenvalue weighted by atomic mass is 10.1. The maximum atomic E-state index is 6.36. The number of halogens is 1. The average molecular weight is 415 g/mol. The van der Waals surface area contributed by atoms with Crippen LogP contribution in [0.25, 0.3) is 0 Å². The number of rotatable bonds is 6. The molecule has 7 heteroatoms. The summed E-state index contributed by atoms with van der Waals surface area (Å²) in [5.74, 6) is 0.608. The molecule has 2 fully saturated rings. The van der Waals surface area contributed by atoms with Crippen LogP contribution in [0.5, 0.6) is 0 Å². The molecule has 3 heterocycles. The van der Waals surface area contributed by atoms with E-state index in [9.17, 15) is 0 Å². The SMILES string of the molecule is CN1CCN(c2ccc(Nc3ncc(Cl)c(CCC4CCCN4C)n3)cc2)CC1. The number of aryl methyl sites for hydroxylation is 1. The van der Waals surface area contributed by atoms with E-state index in [4.69, 9.17) is 11.6 Å². The van der Waals surface area contributed by atoms with Crippen LogP contribution in [0.2, 0.25) is 5.02 Å². The van der Waals surface area contributed by atoms with Crippen molar-refractivity contribution in [3.63, 3.8) is 0 Å². The Bertz CT molecular complexity index is 803. The van der Waals surface area contributed by atoms with Gasteiger partial charge < -0.3 is 20.0 Å². The van der Waals surface area contributed by atoms with Crippen molar-refractivity contribution in [2.45, 2.75) is 31.7 Å². The van der Waals surface area contributed by atoms with Gasteiger partial charge in [0.25, 0.3) is 0 Å². The quantitative estimate of drug-likeness (QED) is 0.778. The standard InChI is InChI=1S/C22H31ClN6/c1-27-12-14-29(15-13-27)19-7-5-17(6-8-19)25-22-24-16-20(23)21(26-22)10-9-18-4-3-11-28(18)2/h5-8,16,18H,3-4,9-15H2,1-2H3,(H,24,25,26). The Kier molecular flexibility index (Phi) is 6.53. The summed E-state index contributed by atoms with van der Waals surface area (Å²) in [4.78, 5) is 16.3. The summed E-state index contributed by atoms with van der Waals surface area (Å²) in [6.07, 6.45) is 6.24. The normalized spacial score (nSPS) is 20.9. The van der Waals surface area contributed by atoms with Crippen molar-refractivity contribution in [3.05, 3.63) is 41.2 Å². The van der Waals surface area contributed by atoms with Crippen molar-refractivity contribution < 1.29 is 0 Å². The van der Waals surface area contributed by atoms with Crippen LogP contribution in [-0.2, 0) is 6.42 Å². The minimum absolute atomic E-state index is 0.608. The fraction of sp³-hybridized carbons (Fsp3) is 0.545. The van der Waals surface area contributed by atoms with E-state index in [1.165, 1.54) is 25.1 Å². The van der Waals surface area contributed by atoms with Crippen molar-refractivity contribution in [2.75, 3.05) is 57.0 Å². The molecule has 1 aromatic carbocycles. The van der Waals surface area contributed by atoms with E-state index in [1.54, 1.807) is 6.20 Å². The van der Waals surface area contributed by atoms with Crippen LogP contribution in [0, 0.1) is 0 Å². The second kappa shape index (κ2) is 9.28. The van der Waals surface area contributed by atoms with Gasteiger partial charge in [0.05, 0.1) is 16.9 Å². The molecule has 6 nitrogen and oxygen atoms in total. The monoisotopic (exact) mass is 414 g/mol. The molecule has 4 rings (SSSR count). The molecule has 0 amide bonds. The molecule has 1 aromatic heterocycles. The van der Waals surface area contributed by atoms with Crippen molar-refractivity contribution >= 4 is 28.9 Å². The highest BCUT2D eigenvalue weighted by Crippen LogP contribution is 2.24. The Morgan fingerprint density at radius 1 is 1.07 bits per heavy atom. The number of nitrogens with zero attached hydrogens (tertiary/aromatic N) is 5. The lowest BCUT2D eigenvalue weighted by Crippen LogP contribution is -2.44. The lowest BCUT2D eigenvalue weighted by Gasteiger charge is -2.34. The average Bonchev–Trinajstić information content (AvgIpc) is 3.14. The van der Waals surface area contributed by atoms with Crippen LogP contribution in [0.1, 0.15) is 25.0 Å². The third-order valence-corrected chi connectivity index (χ3v) is 6.51. The zero-order chi connectivity index (χ0) is 20.2. The van der Waals surface area contributed by atoms with Crippen molar-refractivity contribution in [1.82, 2.24) is 19.8 Å². The molecule has 0 aliphatic carbocycles. The Morgan fingerprint density at radius 3 is 2.52 bits per heavy atom. The van der Waals surface area contributed by atoms with E-state index in [2.05, 4.69) is 68.3 Å². The van der Waals surface area contributed by atoms with E-state index < -0.39 is 0 Å². The highest BCUT2D eigenvalue weighted by Gasteiger charge is 2.21. The largest absolute Gasteiger partial charge is 0.369 e. The topological polar surface area (TPSA) is 47.5 Å². The highest BCUT2D eigenvalue weighted by molar-refractivity contribution is 6.31. The first-order valence-corrected chi connectivity index (χ1v) is 11.0. The van der Waals surface area contributed by atoms with E-state index in [0.29, 0.717) is 17.0 Å². The zero-order valence-corrected chi connectivity index (χ0v) is 18.2. The first-order valence-electron chi connectivity index (χ1n) is 10.6. The minimum Gasteiger partial charge on any atom is -0.369 e. The van der Waals surface area contributed by atoms with Crippen LogP contribution in [-0.4, -0.2) is 72.6 Å². The molecule has 1 N–H and O–H groups in total. The van der Waals surface area contributed by atoms with E-state index in [-0.39, 0.29) is 0 Å². The molecule has 2 aliphatic rings. The third kappa shape index (κ3) is 5.18. The minimum atomic E-state index is 0.608. The molecule has 2 aromatic rings. The van der Waals surface area contributed by atoms with Gasteiger partial charge in [-0.3, -0.25) is 0 Å². The van der Waals surface area contributed by atoms with Gasteiger partial charge in [0, 0.05) is 43.6 Å². The van der Waals surface area contributed by atoms with E-state index in [0.717, 1.165) is 50.4 Å². The number of hydrogen-bond acceptors (Lipinski definition) is 6. The van der Waals surface area contributed by atoms with E-state index >= 15 is 0 Å². The Balaban J connectivity index is 1.37. The molecular formula is C22H31ClN6. The third-order valence-electron chi connectivity index (χ3n) is 6.19. The number of aromatic nitrogens is 2. The van der Waals surface area contributed by atoms with Gasteiger partial charge in [-0.2, -0.15) is 0 Å². The van der Waals surface area contributed by atoms with Gasteiger partial charge in [-0.15, -0.1) is 0 Å². The predicted octanol–water partition coefficient (Wildman–Crippen LogP) is 3.65. The maximum absolute atomic E-state index is 6.36. The van der Waals surface area contributed by atoms with Crippen LogP contribution in [0.3, 0.4) is 0 Å². The molecule has 156 valence electrons. The van der Waals surface area contributed by atoms with Crippen molar-refractivity contribution in [1.29, 1.82) is 0 Å². The fourth-order valence-corrected chi connectivity index (χ4v) is 4.42. The van der Waals surface area contributed by atoms with Crippen LogP contribution < -0.4 is 10.2 Å². The predicted molar refractivity (Wildman–Crippen MR) is 120 cm³/mol. The van der Waals surface area contributed by atoms with Crippen molar-refractivity contribution in [3.8, 4) is 0 Å². The van der Waals surface area contributed by atoms with Gasteiger partial charge in [0.1, 0.15) is 0 Å². The Morgan fingerprint density at radius 2 is 1.83 bits per heavy atom.